The van der Waals surface area contributed by atoms with Crippen molar-refractivity contribution in [3.8, 4) is 5.75 Å². The lowest BCUT2D eigenvalue weighted by Crippen LogP contribution is -3.61. The van der Waals surface area contributed by atoms with Gasteiger partial charge >= 0.3 is 21.2 Å². The van der Waals surface area contributed by atoms with Gasteiger partial charge in [-0.2, -0.15) is 0 Å². The summed E-state index contributed by atoms with van der Waals surface area (Å²) in [4.78, 5) is 0. The van der Waals surface area contributed by atoms with Crippen LogP contribution in [0, 0.1) is 7.14 Å². The van der Waals surface area contributed by atoms with Crippen LogP contribution in [0.3, 0.4) is 0 Å². The van der Waals surface area contributed by atoms with Gasteiger partial charge in [0.05, 0.1) is 13.7 Å². The zero-order valence-electron chi connectivity index (χ0n) is 9.56. The third kappa shape index (κ3) is 3.20. The summed E-state index contributed by atoms with van der Waals surface area (Å²) < 4.78 is 7.76. The lowest BCUT2D eigenvalue weighted by Gasteiger charge is -2.01. The molecule has 0 radical (unpaired) electrons. The van der Waals surface area contributed by atoms with Gasteiger partial charge in [-0.1, -0.05) is 18.2 Å². The Morgan fingerprint density at radius 1 is 1.12 bits per heavy atom. The molecule has 0 aromatic heterocycles. The van der Waals surface area contributed by atoms with Gasteiger partial charge in [0.25, 0.3) is 0 Å². The molecular weight excluding hydrogens is 327 g/mol. The monoisotopic (exact) mass is 341 g/mol. The molecule has 2 aromatic rings. The van der Waals surface area contributed by atoms with Gasteiger partial charge < -0.3 is 9.84 Å². The first-order valence-electron chi connectivity index (χ1n) is 5.31. The Balaban J connectivity index is 2.26. The van der Waals surface area contributed by atoms with Crippen molar-refractivity contribution in [2.45, 2.75) is 6.61 Å². The van der Waals surface area contributed by atoms with Gasteiger partial charge in [0.1, 0.15) is 5.75 Å². The molecule has 2 nitrogen and oxygen atoms in total. The van der Waals surface area contributed by atoms with E-state index in [2.05, 4.69) is 30.3 Å². The molecule has 0 aliphatic heterocycles. The Bertz CT molecular complexity index is 483. The zero-order valence-corrected chi connectivity index (χ0v) is 11.7. The molecule has 1 N–H and O–H groups in total. The highest BCUT2D eigenvalue weighted by molar-refractivity contribution is 5.27. The molecule has 0 atom stereocenters. The second-order valence-corrected chi connectivity index (χ2v) is 6.45. The first-order valence-corrected chi connectivity index (χ1v) is 7.47. The minimum atomic E-state index is -0.233. The highest BCUT2D eigenvalue weighted by atomic mass is 127. The van der Waals surface area contributed by atoms with Crippen LogP contribution in [0.15, 0.2) is 48.5 Å². The van der Waals surface area contributed by atoms with Crippen LogP contribution in [0.4, 0.5) is 0 Å². The minimum Gasteiger partial charge on any atom is -0.497 e. The normalized spacial score (nSPS) is 10.2. The molecule has 2 aromatic carbocycles. The molecule has 2 rings (SSSR count). The van der Waals surface area contributed by atoms with E-state index in [0.29, 0.717) is 0 Å². The molecule has 3 heteroatoms. The van der Waals surface area contributed by atoms with Crippen molar-refractivity contribution in [2.75, 3.05) is 7.11 Å². The van der Waals surface area contributed by atoms with Crippen LogP contribution < -0.4 is 25.9 Å². The van der Waals surface area contributed by atoms with E-state index in [-0.39, 0.29) is 27.8 Å². The maximum Gasteiger partial charge on any atom is 0.358 e. The van der Waals surface area contributed by atoms with Gasteiger partial charge in [0.15, 0.2) is 7.14 Å². The van der Waals surface area contributed by atoms with Gasteiger partial charge in [-0.3, -0.25) is 0 Å². The Morgan fingerprint density at radius 3 is 2.53 bits per heavy atom. The van der Waals surface area contributed by atoms with E-state index in [0.717, 1.165) is 11.3 Å². The first-order chi connectivity index (χ1) is 8.33. The van der Waals surface area contributed by atoms with Crippen molar-refractivity contribution in [2.24, 2.45) is 0 Å². The summed E-state index contributed by atoms with van der Waals surface area (Å²) in [7, 11) is 1.64. The van der Waals surface area contributed by atoms with Crippen LogP contribution in [0.1, 0.15) is 5.56 Å². The highest BCUT2D eigenvalue weighted by Crippen LogP contribution is 2.12. The Labute approximate surface area is 112 Å². The van der Waals surface area contributed by atoms with E-state index in [9.17, 15) is 5.11 Å². The number of halogens is 1. The number of aliphatic hydroxyl groups excluding tert-OH is 1. The van der Waals surface area contributed by atoms with Crippen molar-refractivity contribution in [1.82, 2.24) is 0 Å². The standard InChI is InChI=1S/C14H14IO2/c1-17-13-7-8-14(11(9-13)10-16)15-12-5-3-2-4-6-12/h2-9,16H,10H2,1H3/q+1. The summed E-state index contributed by atoms with van der Waals surface area (Å²) >= 11 is -0.233. The van der Waals surface area contributed by atoms with Gasteiger partial charge in [-0.15, -0.1) is 0 Å². The van der Waals surface area contributed by atoms with Gasteiger partial charge in [0, 0.05) is 5.56 Å². The third-order valence-corrected chi connectivity index (χ3v) is 5.34. The Kier molecular flexibility index (Phi) is 4.39. The molecule has 0 bridgehead atoms. The van der Waals surface area contributed by atoms with Gasteiger partial charge in [0.2, 0.25) is 0 Å². The van der Waals surface area contributed by atoms with Crippen molar-refractivity contribution >= 4 is 0 Å². The quantitative estimate of drug-likeness (QED) is 0.747. The van der Waals surface area contributed by atoms with Crippen molar-refractivity contribution in [3.05, 3.63) is 61.2 Å². The molecule has 0 fully saturated rings. The summed E-state index contributed by atoms with van der Waals surface area (Å²) in [6, 6.07) is 16.3. The fraction of sp³-hybridized carbons (Fsp3) is 0.143. The van der Waals surface area contributed by atoms with E-state index in [1.165, 1.54) is 7.14 Å². The van der Waals surface area contributed by atoms with Crippen LogP contribution in [0.25, 0.3) is 0 Å². The maximum absolute atomic E-state index is 9.38. The SMILES string of the molecule is COc1ccc([I+]c2ccccc2)c(CO)c1. The Morgan fingerprint density at radius 2 is 1.88 bits per heavy atom. The minimum absolute atomic E-state index is 0.0685. The number of benzene rings is 2. The summed E-state index contributed by atoms with van der Waals surface area (Å²) in [5.74, 6) is 0.801. The molecule has 0 heterocycles. The average molecular weight is 341 g/mol. The predicted octanol–water partition coefficient (Wildman–Crippen LogP) is -0.684. The topological polar surface area (TPSA) is 29.5 Å². The molecule has 88 valence electrons. The number of rotatable bonds is 4. The summed E-state index contributed by atoms with van der Waals surface area (Å²) in [5, 5.41) is 9.38. The second-order valence-electron chi connectivity index (χ2n) is 3.51. The fourth-order valence-corrected chi connectivity index (χ4v) is 3.96. The summed E-state index contributed by atoms with van der Waals surface area (Å²) in [6.07, 6.45) is 0. The van der Waals surface area contributed by atoms with Crippen LogP contribution in [-0.4, -0.2) is 12.2 Å². The highest BCUT2D eigenvalue weighted by Gasteiger charge is 2.19. The van der Waals surface area contributed by atoms with E-state index >= 15 is 0 Å². The molecule has 0 spiro atoms. The molecular formula is C14H14IO2+. The van der Waals surface area contributed by atoms with E-state index in [1.54, 1.807) is 7.11 Å². The van der Waals surface area contributed by atoms with Crippen LogP contribution in [0.2, 0.25) is 0 Å². The van der Waals surface area contributed by atoms with Crippen molar-refractivity contribution in [1.29, 1.82) is 0 Å². The lowest BCUT2D eigenvalue weighted by atomic mass is 10.2. The predicted molar refractivity (Wildman–Crippen MR) is 62.8 cm³/mol. The van der Waals surface area contributed by atoms with E-state index in [4.69, 9.17) is 4.74 Å². The van der Waals surface area contributed by atoms with Crippen molar-refractivity contribution in [3.63, 3.8) is 0 Å². The number of methoxy groups -OCH3 is 1. The first kappa shape index (κ1) is 12.4. The third-order valence-electron chi connectivity index (χ3n) is 2.37. The smallest absolute Gasteiger partial charge is 0.358 e. The van der Waals surface area contributed by atoms with Crippen LogP contribution >= 0.6 is 0 Å². The zero-order chi connectivity index (χ0) is 12.1. The Hall–Kier alpha value is -1.07. The molecule has 0 amide bonds. The lowest BCUT2D eigenvalue weighted by molar-refractivity contribution is -0.598. The molecule has 0 saturated heterocycles. The number of aliphatic hydroxyl groups is 1. The summed E-state index contributed by atoms with van der Waals surface area (Å²) in [5.41, 5.74) is 0.973. The van der Waals surface area contributed by atoms with Gasteiger partial charge in [-0.25, -0.2) is 0 Å². The second kappa shape index (κ2) is 6.02. The molecule has 0 unspecified atom stereocenters. The molecule has 0 aliphatic rings. The molecule has 0 saturated carbocycles. The maximum atomic E-state index is 9.38. The molecule has 17 heavy (non-hydrogen) atoms. The van der Waals surface area contributed by atoms with E-state index < -0.39 is 0 Å². The van der Waals surface area contributed by atoms with Gasteiger partial charge in [-0.05, 0) is 30.3 Å². The van der Waals surface area contributed by atoms with E-state index in [1.807, 2.05) is 18.2 Å². The van der Waals surface area contributed by atoms with Crippen molar-refractivity contribution < 1.29 is 31.0 Å². The fourth-order valence-electron chi connectivity index (χ4n) is 1.49. The summed E-state index contributed by atoms with van der Waals surface area (Å²) in [6.45, 7) is 0.0685. The largest absolute Gasteiger partial charge is 0.497 e. The van der Waals surface area contributed by atoms with Crippen LogP contribution in [-0.2, 0) is 6.61 Å². The number of hydrogen-bond acceptors (Lipinski definition) is 2. The average Bonchev–Trinajstić information content (AvgIpc) is 2.40. The number of hydrogen-bond donors (Lipinski definition) is 1. The molecule has 0 aliphatic carbocycles. The van der Waals surface area contributed by atoms with Crippen LogP contribution in [0.5, 0.6) is 5.75 Å². The number of ether oxygens (including phenoxy) is 1.